The van der Waals surface area contributed by atoms with Crippen molar-refractivity contribution in [3.05, 3.63) is 0 Å². The Morgan fingerprint density at radius 2 is 1.89 bits per heavy atom. The van der Waals surface area contributed by atoms with Crippen molar-refractivity contribution in [3.63, 3.8) is 0 Å². The van der Waals surface area contributed by atoms with Crippen LogP contribution in [0.5, 0.6) is 0 Å². The molecule has 0 N–H and O–H groups in total. The molecule has 0 spiro atoms. The molecular weight excluding hydrogens is 260 g/mol. The van der Waals surface area contributed by atoms with Crippen molar-refractivity contribution in [2.45, 2.75) is 58.5 Å². The van der Waals surface area contributed by atoms with Crippen LogP contribution in [-0.4, -0.2) is 36.0 Å². The van der Waals surface area contributed by atoms with Crippen LogP contribution in [0.1, 0.15) is 52.4 Å². The minimum absolute atomic E-state index is 0. The Bertz CT molecular complexity index is 262. The number of carbonyl (C=O) groups is 2. The number of carboxylic acids is 1. The van der Waals surface area contributed by atoms with Gasteiger partial charge in [0, 0.05) is 13.0 Å². The Kier molecular flexibility index (Phi) is 14.4. The summed E-state index contributed by atoms with van der Waals surface area (Å²) >= 11 is 0. The van der Waals surface area contributed by atoms with E-state index in [9.17, 15) is 19.1 Å². The van der Waals surface area contributed by atoms with Crippen molar-refractivity contribution in [2.75, 3.05) is 13.1 Å². The van der Waals surface area contributed by atoms with Crippen molar-refractivity contribution in [1.82, 2.24) is 4.90 Å². The largest absolute Gasteiger partial charge is 1.00 e. The monoisotopic (exact) mass is 283 g/mol. The van der Waals surface area contributed by atoms with E-state index in [0.717, 1.165) is 19.3 Å². The number of carboxylic acid groups (broad SMARTS) is 1. The van der Waals surface area contributed by atoms with Crippen molar-refractivity contribution in [3.8, 4) is 0 Å². The summed E-state index contributed by atoms with van der Waals surface area (Å²) in [6.45, 7) is 3.51. The van der Waals surface area contributed by atoms with Crippen LogP contribution in [-0.2, 0) is 9.59 Å². The van der Waals surface area contributed by atoms with Crippen LogP contribution in [0.2, 0.25) is 0 Å². The molecule has 19 heavy (non-hydrogen) atoms. The van der Waals surface area contributed by atoms with E-state index >= 15 is 0 Å². The Hall–Kier alpha value is -0.130. The fourth-order valence-corrected chi connectivity index (χ4v) is 1.75. The molecule has 106 valence electrons. The number of hydrogen-bond donors (Lipinski definition) is 0. The van der Waals surface area contributed by atoms with Gasteiger partial charge in [0.05, 0.1) is 18.7 Å². The molecule has 0 bridgehead atoms. The normalized spacial score (nSPS) is 11.5. The van der Waals surface area contributed by atoms with Crippen LogP contribution in [0.15, 0.2) is 0 Å². The van der Waals surface area contributed by atoms with Crippen LogP contribution in [0.3, 0.4) is 0 Å². The van der Waals surface area contributed by atoms with Gasteiger partial charge < -0.3 is 14.8 Å². The molecule has 0 aromatic heterocycles. The molecule has 0 aromatic carbocycles. The third kappa shape index (κ3) is 12.6. The first-order chi connectivity index (χ1) is 8.47. The van der Waals surface area contributed by atoms with Gasteiger partial charge in [-0.2, -0.15) is 0 Å². The van der Waals surface area contributed by atoms with Gasteiger partial charge in [0.15, 0.2) is 0 Å². The van der Waals surface area contributed by atoms with E-state index in [4.69, 9.17) is 0 Å². The quantitative estimate of drug-likeness (QED) is 0.354. The van der Waals surface area contributed by atoms with E-state index in [1.54, 1.807) is 0 Å². The molecule has 0 saturated carbocycles. The third-order valence-corrected chi connectivity index (χ3v) is 2.66. The molecule has 0 heterocycles. The Morgan fingerprint density at radius 1 is 1.26 bits per heavy atom. The van der Waals surface area contributed by atoms with Crippen LogP contribution in [0, 0.1) is 0 Å². The van der Waals surface area contributed by atoms with E-state index in [0.29, 0.717) is 25.8 Å². The maximum Gasteiger partial charge on any atom is 1.00 e. The molecule has 1 amide bonds. The molecule has 0 aliphatic heterocycles. The summed E-state index contributed by atoms with van der Waals surface area (Å²) in [5.41, 5.74) is 0. The van der Waals surface area contributed by atoms with Crippen molar-refractivity contribution < 1.29 is 48.6 Å². The molecule has 1 unspecified atom stereocenters. The summed E-state index contributed by atoms with van der Waals surface area (Å²) in [4.78, 5) is 23.5. The number of carbonyl (C=O) groups excluding carboxylic acids is 2. The summed E-state index contributed by atoms with van der Waals surface area (Å²) in [5, 5.41) is 10.5. The van der Waals surface area contributed by atoms with Gasteiger partial charge in [0.2, 0.25) is 5.91 Å². The Morgan fingerprint density at radius 3 is 2.37 bits per heavy atom. The van der Waals surface area contributed by atoms with Crippen molar-refractivity contribution in [2.24, 2.45) is 0 Å². The number of nitrogens with zero attached hydrogens (tertiary/aromatic N) is 1. The molecule has 0 rings (SSSR count). The van der Waals surface area contributed by atoms with Crippen LogP contribution in [0.4, 0.5) is 4.39 Å². The van der Waals surface area contributed by atoms with E-state index in [1.165, 1.54) is 11.8 Å². The van der Waals surface area contributed by atoms with Gasteiger partial charge in [-0.25, -0.2) is 4.39 Å². The summed E-state index contributed by atoms with van der Waals surface area (Å²) in [7, 11) is 0. The maximum absolute atomic E-state index is 12.5. The van der Waals surface area contributed by atoms with E-state index in [2.05, 4.69) is 0 Å². The van der Waals surface area contributed by atoms with Crippen LogP contribution < -0.4 is 34.7 Å². The Labute approximate surface area is 137 Å². The summed E-state index contributed by atoms with van der Waals surface area (Å²) < 4.78 is 12.5. The molecule has 0 saturated heterocycles. The van der Waals surface area contributed by atoms with Gasteiger partial charge >= 0.3 is 29.6 Å². The molecular formula is C13H23FNNaO3. The van der Waals surface area contributed by atoms with Gasteiger partial charge in [-0.1, -0.05) is 19.8 Å². The molecule has 0 radical (unpaired) electrons. The molecule has 0 aliphatic carbocycles. The number of halogens is 1. The zero-order valence-corrected chi connectivity index (χ0v) is 14.3. The zero-order valence-electron chi connectivity index (χ0n) is 12.3. The van der Waals surface area contributed by atoms with E-state index < -0.39 is 12.1 Å². The second-order valence-electron chi connectivity index (χ2n) is 4.57. The topological polar surface area (TPSA) is 60.4 Å². The number of amides is 1. The SMILES string of the molecule is CCCN(CC(=O)[O-])C(=O)CCCCCC(C)F.[Na+]. The Balaban J connectivity index is 0. The minimum Gasteiger partial charge on any atom is -0.548 e. The average Bonchev–Trinajstić information content (AvgIpc) is 2.26. The number of unbranched alkanes of at least 4 members (excludes halogenated alkanes) is 2. The second kappa shape index (κ2) is 12.9. The zero-order chi connectivity index (χ0) is 14.0. The smallest absolute Gasteiger partial charge is 0.548 e. The predicted molar refractivity (Wildman–Crippen MR) is 65.5 cm³/mol. The number of aliphatic carboxylic acids is 1. The first kappa shape index (κ1) is 21.2. The number of rotatable bonds is 10. The molecule has 1 atom stereocenters. The van der Waals surface area contributed by atoms with Crippen LogP contribution >= 0.6 is 0 Å². The minimum atomic E-state index is -1.23. The standard InChI is InChI=1S/C13H24FNO3.Na/c1-3-9-15(10-13(17)18)12(16)8-6-4-5-7-11(2)14;/h11H,3-10H2,1-2H3,(H,17,18);/q;+1/p-1. The molecule has 0 fully saturated rings. The number of alkyl halides is 1. The van der Waals surface area contributed by atoms with Crippen molar-refractivity contribution in [1.29, 1.82) is 0 Å². The van der Waals surface area contributed by atoms with Gasteiger partial charge in [-0.3, -0.25) is 4.79 Å². The summed E-state index contributed by atoms with van der Waals surface area (Å²) in [6, 6.07) is 0. The molecule has 0 aliphatic rings. The predicted octanol–water partition coefficient (Wildman–Crippen LogP) is -1.71. The van der Waals surface area contributed by atoms with Gasteiger partial charge in [0.1, 0.15) is 0 Å². The second-order valence-corrected chi connectivity index (χ2v) is 4.57. The van der Waals surface area contributed by atoms with Gasteiger partial charge in [0.25, 0.3) is 0 Å². The fraction of sp³-hybridized carbons (Fsp3) is 0.846. The van der Waals surface area contributed by atoms with Crippen molar-refractivity contribution >= 4 is 11.9 Å². The van der Waals surface area contributed by atoms with E-state index in [1.807, 2.05) is 6.92 Å². The third-order valence-electron chi connectivity index (χ3n) is 2.66. The molecule has 6 heteroatoms. The number of hydrogen-bond acceptors (Lipinski definition) is 3. The average molecular weight is 283 g/mol. The summed E-state index contributed by atoms with van der Waals surface area (Å²) in [5.74, 6) is -1.39. The molecule has 4 nitrogen and oxygen atoms in total. The maximum atomic E-state index is 12.5. The van der Waals surface area contributed by atoms with Gasteiger partial charge in [-0.15, -0.1) is 0 Å². The molecule has 0 aromatic rings. The van der Waals surface area contributed by atoms with E-state index in [-0.39, 0.29) is 42.0 Å². The first-order valence-corrected chi connectivity index (χ1v) is 6.59. The first-order valence-electron chi connectivity index (χ1n) is 6.59. The summed E-state index contributed by atoms with van der Waals surface area (Å²) in [6.07, 6.45) is 3.01. The van der Waals surface area contributed by atoms with Crippen LogP contribution in [0.25, 0.3) is 0 Å². The fourth-order valence-electron chi connectivity index (χ4n) is 1.75. The van der Waals surface area contributed by atoms with Gasteiger partial charge in [-0.05, 0) is 26.2 Å².